The van der Waals surface area contributed by atoms with Crippen LogP contribution in [0, 0.1) is 5.92 Å². The molecule has 21 heteroatoms. The first-order valence-electron chi connectivity index (χ1n) is 23.2. The summed E-state index contributed by atoms with van der Waals surface area (Å²) in [5.41, 5.74) is -0.688. The molecule has 9 atom stereocenters. The lowest BCUT2D eigenvalue weighted by molar-refractivity contribution is -0.255. The van der Waals surface area contributed by atoms with Gasteiger partial charge in [0.25, 0.3) is 0 Å². The Kier molecular flexibility index (Phi) is 14.5. The lowest BCUT2D eigenvalue weighted by atomic mass is 9.74. The Bertz CT molecular complexity index is 2370. The maximum atomic E-state index is 14.3. The highest BCUT2D eigenvalue weighted by molar-refractivity contribution is 6.31. The summed E-state index contributed by atoms with van der Waals surface area (Å²) in [6, 6.07) is 1.99. The molecule has 8 rings (SSSR count). The van der Waals surface area contributed by atoms with Gasteiger partial charge in [-0.2, -0.15) is 0 Å². The molecule has 0 aromatic heterocycles. The van der Waals surface area contributed by atoms with Gasteiger partial charge >= 0.3 is 0 Å². The highest BCUT2D eigenvalue weighted by atomic mass is 16.7. The molecule has 0 spiro atoms. The molecular weight excluding hydrogens is 889 g/mol. The van der Waals surface area contributed by atoms with E-state index in [1.807, 2.05) is 6.92 Å². The maximum Gasteiger partial charge on any atom is 0.244 e. The smallest absolute Gasteiger partial charge is 0.244 e. The number of morpholine rings is 1. The van der Waals surface area contributed by atoms with Crippen molar-refractivity contribution >= 4 is 47.0 Å². The monoisotopic (exact) mass is 946 g/mol. The van der Waals surface area contributed by atoms with Gasteiger partial charge in [-0.05, 0) is 52.5 Å². The van der Waals surface area contributed by atoms with Crippen molar-refractivity contribution in [1.29, 1.82) is 0 Å². The molecule has 0 saturated carbocycles. The number of imide groups is 1. The first-order valence-corrected chi connectivity index (χ1v) is 23.2. The highest BCUT2D eigenvalue weighted by Crippen LogP contribution is 2.52. The van der Waals surface area contributed by atoms with Crippen molar-refractivity contribution in [3.05, 3.63) is 51.6 Å². The molecular formula is C47H58N6O15. The number of nitrogens with one attached hydrogen (secondary N) is 4. The van der Waals surface area contributed by atoms with Crippen LogP contribution in [0.25, 0.3) is 0 Å². The van der Waals surface area contributed by atoms with Crippen molar-refractivity contribution in [2.24, 2.45) is 5.92 Å². The summed E-state index contributed by atoms with van der Waals surface area (Å²) in [4.78, 5) is 108. The number of methoxy groups -OCH3 is 1. The number of carbonyl (C=O) groups excluding carboxylic acids is 8. The van der Waals surface area contributed by atoms with Crippen LogP contribution in [0.1, 0.15) is 115 Å². The van der Waals surface area contributed by atoms with Gasteiger partial charge in [-0.1, -0.05) is 12.1 Å². The predicted octanol–water partition coefficient (Wildman–Crippen LogP) is 0.624. The van der Waals surface area contributed by atoms with Crippen LogP contribution in [-0.4, -0.2) is 156 Å². The normalized spacial score (nSPS) is 26.6. The van der Waals surface area contributed by atoms with Crippen molar-refractivity contribution in [2.75, 3.05) is 46.5 Å². The summed E-state index contributed by atoms with van der Waals surface area (Å²) < 4.78 is 30.0. The van der Waals surface area contributed by atoms with Crippen molar-refractivity contribution < 1.29 is 72.3 Å². The number of phenolic OH excluding ortho intramolecular Hbond substituents is 2. The topological polar surface area (TPSA) is 278 Å². The maximum absolute atomic E-state index is 14.3. The molecule has 366 valence electrons. The van der Waals surface area contributed by atoms with E-state index in [0.717, 1.165) is 4.90 Å². The van der Waals surface area contributed by atoms with Crippen LogP contribution in [0.15, 0.2) is 18.2 Å². The van der Waals surface area contributed by atoms with Gasteiger partial charge < -0.3 is 54.7 Å². The summed E-state index contributed by atoms with van der Waals surface area (Å²) in [5.74, 6) is -5.97. The Morgan fingerprint density at radius 3 is 2.38 bits per heavy atom. The SMILES string of the molecule is COc1cccc2c1C(=O)c1c(O)c3c(c(O)c1C2=O)C[C@@H](C(=O)NC1CCN(C(=O)[C@H](C)NC(=O)[C@H](C)NC(=O)CCN2C(=O)CCC2=O)C1)C[C@@H]3O[C@H]1CC[C@H](O[C@@H]2COCCN2)[C@H](C)O1. The van der Waals surface area contributed by atoms with Gasteiger partial charge in [-0.25, -0.2) is 0 Å². The number of rotatable bonds is 14. The number of ketones is 2. The summed E-state index contributed by atoms with van der Waals surface area (Å²) >= 11 is 0. The number of hydrogen-bond donors (Lipinski definition) is 6. The minimum Gasteiger partial charge on any atom is -0.507 e. The number of benzene rings is 2. The fraction of sp³-hybridized carbons (Fsp3) is 0.574. The second kappa shape index (κ2) is 20.3. The van der Waals surface area contributed by atoms with E-state index >= 15 is 0 Å². The zero-order valence-corrected chi connectivity index (χ0v) is 38.4. The lowest BCUT2D eigenvalue weighted by Crippen LogP contribution is -2.52. The number of ether oxygens (including phenoxy) is 5. The van der Waals surface area contributed by atoms with Crippen molar-refractivity contribution in [2.45, 2.75) is 121 Å². The highest BCUT2D eigenvalue weighted by Gasteiger charge is 2.46. The minimum atomic E-state index is -1.09. The number of phenols is 2. The van der Waals surface area contributed by atoms with Crippen LogP contribution in [-0.2, 0) is 54.1 Å². The van der Waals surface area contributed by atoms with Crippen molar-refractivity contribution in [1.82, 2.24) is 31.1 Å². The average Bonchev–Trinajstić information content (AvgIpc) is 3.93. The van der Waals surface area contributed by atoms with Gasteiger partial charge in [0.05, 0.1) is 55.3 Å². The largest absolute Gasteiger partial charge is 0.507 e. The van der Waals surface area contributed by atoms with E-state index in [4.69, 9.17) is 23.7 Å². The Morgan fingerprint density at radius 1 is 0.926 bits per heavy atom. The molecule has 6 aliphatic rings. The standard InChI is InChI=1S/C47H58N6O15/c1-22(49-32(54)13-16-53-34(55)9-10-35(53)56)45(61)50-23(2)47(63)52-15-12-26(20-52)51-46(62)25-18-28-38(31(19-25)68-36-11-8-29(24(3)66-36)67-33-21-65-17-14-48-33)44(60)40-39(42(28)58)41(57)27-6-5-7-30(64-4)37(27)43(40)59/h5-7,22-26,29,31,33,36,48,58,60H,8-21H2,1-4H3,(H,49,54)(H,50,61)(H,51,62)/t22-,23-,24-,25+,26?,29-,31-,33+,36-/m0/s1. The van der Waals surface area contributed by atoms with Crippen LogP contribution in [0.4, 0.5) is 0 Å². The molecule has 4 fully saturated rings. The van der Waals surface area contributed by atoms with E-state index < -0.39 is 89.2 Å². The number of likely N-dealkylation sites (tertiary alicyclic amines) is 2. The van der Waals surface area contributed by atoms with Gasteiger partial charge in [0.1, 0.15) is 35.6 Å². The van der Waals surface area contributed by atoms with Crippen LogP contribution in [0.2, 0.25) is 0 Å². The second-order valence-electron chi connectivity index (χ2n) is 18.2. The third-order valence-corrected chi connectivity index (χ3v) is 13.6. The van der Waals surface area contributed by atoms with Crippen LogP contribution in [0.3, 0.4) is 0 Å². The van der Waals surface area contributed by atoms with E-state index in [2.05, 4.69) is 21.3 Å². The van der Waals surface area contributed by atoms with E-state index in [-0.39, 0.29) is 115 Å². The Balaban J connectivity index is 0.938. The molecule has 4 saturated heterocycles. The molecule has 6 N–H and O–H groups in total. The molecule has 2 aromatic carbocycles. The molecule has 6 amide bonds. The van der Waals surface area contributed by atoms with Gasteiger partial charge in [0.2, 0.25) is 41.2 Å². The van der Waals surface area contributed by atoms with Crippen molar-refractivity contribution in [3.8, 4) is 17.2 Å². The van der Waals surface area contributed by atoms with Crippen molar-refractivity contribution in [3.63, 3.8) is 0 Å². The quantitative estimate of drug-likeness (QED) is 0.0955. The van der Waals surface area contributed by atoms with Crippen LogP contribution >= 0.6 is 0 Å². The zero-order chi connectivity index (χ0) is 48.6. The number of fused-ring (bicyclic) bond motifs is 3. The summed E-state index contributed by atoms with van der Waals surface area (Å²) in [6.45, 7) is 6.72. The molecule has 0 bridgehead atoms. The lowest BCUT2D eigenvalue weighted by Gasteiger charge is -2.40. The van der Waals surface area contributed by atoms with E-state index in [9.17, 15) is 48.6 Å². The molecule has 68 heavy (non-hydrogen) atoms. The Labute approximate surface area is 391 Å². The molecule has 21 nitrogen and oxygen atoms in total. The van der Waals surface area contributed by atoms with Gasteiger partial charge in [0, 0.05) is 80.5 Å². The number of hydrogen-bond acceptors (Lipinski definition) is 16. The molecule has 2 aromatic rings. The first kappa shape index (κ1) is 48.5. The summed E-state index contributed by atoms with van der Waals surface area (Å²) in [5, 5.41) is 35.4. The van der Waals surface area contributed by atoms with E-state index in [0.29, 0.717) is 39.0 Å². The molecule has 1 unspecified atom stereocenters. The second-order valence-corrected chi connectivity index (χ2v) is 18.2. The van der Waals surface area contributed by atoms with Gasteiger partial charge in [0.15, 0.2) is 12.1 Å². The molecule has 2 aliphatic carbocycles. The fourth-order valence-electron chi connectivity index (χ4n) is 9.97. The Hall–Kier alpha value is -6.00. The molecule has 4 aliphatic heterocycles. The summed E-state index contributed by atoms with van der Waals surface area (Å²) in [6.07, 6.45) is -1.77. The van der Waals surface area contributed by atoms with Gasteiger partial charge in [-0.3, -0.25) is 48.6 Å². The van der Waals surface area contributed by atoms with Crippen LogP contribution < -0.4 is 26.0 Å². The fourth-order valence-corrected chi connectivity index (χ4v) is 9.97. The molecule has 4 heterocycles. The zero-order valence-electron chi connectivity index (χ0n) is 38.4. The predicted molar refractivity (Wildman–Crippen MR) is 235 cm³/mol. The Morgan fingerprint density at radius 2 is 1.68 bits per heavy atom. The third-order valence-electron chi connectivity index (χ3n) is 13.6. The minimum absolute atomic E-state index is 0.00811. The average molecular weight is 947 g/mol. The number of nitrogens with zero attached hydrogens (tertiary/aromatic N) is 2. The third kappa shape index (κ3) is 9.80. The number of aromatic hydroxyl groups is 2. The number of amides is 6. The van der Waals surface area contributed by atoms with E-state index in [1.54, 1.807) is 6.07 Å². The first-order chi connectivity index (χ1) is 32.5. The number of carbonyl (C=O) groups is 8. The molecule has 0 radical (unpaired) electrons. The van der Waals surface area contributed by atoms with Crippen LogP contribution in [0.5, 0.6) is 17.2 Å². The van der Waals surface area contributed by atoms with Gasteiger partial charge in [-0.15, -0.1) is 0 Å². The van der Waals surface area contributed by atoms with E-state index in [1.165, 1.54) is 38.0 Å². The summed E-state index contributed by atoms with van der Waals surface area (Å²) in [7, 11) is 1.35.